The van der Waals surface area contributed by atoms with Crippen molar-refractivity contribution >= 4 is 12.2 Å². The number of amides is 1. The first-order valence-corrected chi connectivity index (χ1v) is 5.88. The van der Waals surface area contributed by atoms with Crippen molar-refractivity contribution in [3.63, 3.8) is 0 Å². The van der Waals surface area contributed by atoms with Crippen LogP contribution in [0.1, 0.15) is 31.9 Å². The standard InChI is InChI=1S/C14H15N3O/c1-11(12-6-4-3-5-7-12)17-10-16-14(2,8-9-15)13(17)18/h3-7,10-11H,8H2,1-2H3. The number of rotatable bonds is 3. The van der Waals surface area contributed by atoms with Gasteiger partial charge >= 0.3 is 0 Å². The van der Waals surface area contributed by atoms with Crippen molar-refractivity contribution < 1.29 is 4.79 Å². The number of carbonyl (C=O) groups excluding carboxylic acids is 1. The fourth-order valence-corrected chi connectivity index (χ4v) is 2.02. The third-order valence-electron chi connectivity index (χ3n) is 3.28. The zero-order chi connectivity index (χ0) is 13.2. The van der Waals surface area contributed by atoms with E-state index >= 15 is 0 Å². The molecule has 0 saturated carbocycles. The monoisotopic (exact) mass is 241 g/mol. The highest BCUT2D eigenvalue weighted by Gasteiger charge is 2.42. The number of nitrogens with zero attached hydrogens (tertiary/aromatic N) is 3. The minimum Gasteiger partial charge on any atom is -0.294 e. The number of carbonyl (C=O) groups is 1. The highest BCUT2D eigenvalue weighted by atomic mass is 16.2. The van der Waals surface area contributed by atoms with Gasteiger partial charge in [-0.2, -0.15) is 5.26 Å². The molecule has 0 fully saturated rings. The van der Waals surface area contributed by atoms with Crippen molar-refractivity contribution in [3.8, 4) is 6.07 Å². The Morgan fingerprint density at radius 2 is 2.11 bits per heavy atom. The van der Waals surface area contributed by atoms with E-state index in [9.17, 15) is 4.79 Å². The van der Waals surface area contributed by atoms with Crippen molar-refractivity contribution in [2.75, 3.05) is 0 Å². The predicted molar refractivity (Wildman–Crippen MR) is 68.8 cm³/mol. The molecule has 0 aliphatic carbocycles. The molecule has 0 saturated heterocycles. The summed E-state index contributed by atoms with van der Waals surface area (Å²) in [4.78, 5) is 18.1. The molecule has 1 aromatic carbocycles. The molecular formula is C14H15N3O. The van der Waals surface area contributed by atoms with Crippen LogP contribution in [-0.2, 0) is 4.79 Å². The van der Waals surface area contributed by atoms with Crippen molar-refractivity contribution in [1.82, 2.24) is 4.90 Å². The molecule has 18 heavy (non-hydrogen) atoms. The Morgan fingerprint density at radius 3 is 2.72 bits per heavy atom. The molecule has 0 aromatic heterocycles. The van der Waals surface area contributed by atoms with Crippen LogP contribution < -0.4 is 0 Å². The topological polar surface area (TPSA) is 56.5 Å². The molecule has 2 rings (SSSR count). The van der Waals surface area contributed by atoms with Gasteiger partial charge in [-0.1, -0.05) is 30.3 Å². The summed E-state index contributed by atoms with van der Waals surface area (Å²) in [5.74, 6) is -0.111. The van der Waals surface area contributed by atoms with Crippen LogP contribution in [0.15, 0.2) is 35.3 Å². The van der Waals surface area contributed by atoms with E-state index in [0.717, 1.165) is 5.56 Å². The third-order valence-corrected chi connectivity index (χ3v) is 3.28. The van der Waals surface area contributed by atoms with Gasteiger partial charge in [0.15, 0.2) is 5.54 Å². The maximum atomic E-state index is 12.3. The van der Waals surface area contributed by atoms with Gasteiger partial charge in [0, 0.05) is 0 Å². The van der Waals surface area contributed by atoms with Crippen LogP contribution >= 0.6 is 0 Å². The first-order valence-electron chi connectivity index (χ1n) is 5.88. The van der Waals surface area contributed by atoms with Crippen LogP contribution in [0.4, 0.5) is 0 Å². The normalized spacial score (nSPS) is 24.1. The molecule has 4 heteroatoms. The summed E-state index contributed by atoms with van der Waals surface area (Å²) in [5.41, 5.74) is 0.135. The van der Waals surface area contributed by atoms with Gasteiger partial charge < -0.3 is 0 Å². The summed E-state index contributed by atoms with van der Waals surface area (Å²) in [6.45, 7) is 3.66. The minimum atomic E-state index is -0.919. The van der Waals surface area contributed by atoms with Crippen LogP contribution in [-0.4, -0.2) is 22.7 Å². The lowest BCUT2D eigenvalue weighted by Gasteiger charge is -2.25. The first kappa shape index (κ1) is 12.3. The quantitative estimate of drug-likeness (QED) is 0.815. The average Bonchev–Trinajstić information content (AvgIpc) is 2.67. The van der Waals surface area contributed by atoms with Crippen LogP contribution in [0.3, 0.4) is 0 Å². The van der Waals surface area contributed by atoms with Crippen LogP contribution in [0, 0.1) is 11.3 Å². The van der Waals surface area contributed by atoms with Crippen molar-refractivity contribution in [2.24, 2.45) is 4.99 Å². The SMILES string of the molecule is CC(c1ccccc1)N1C=NC(C)(CC#N)C1=O. The number of hydrogen-bond donors (Lipinski definition) is 0. The third kappa shape index (κ3) is 2.00. The maximum Gasteiger partial charge on any atom is 0.257 e. The Bertz CT molecular complexity index is 518. The van der Waals surface area contributed by atoms with E-state index in [4.69, 9.17) is 5.26 Å². The molecule has 1 amide bonds. The summed E-state index contributed by atoms with van der Waals surface area (Å²) in [7, 11) is 0. The molecule has 92 valence electrons. The smallest absolute Gasteiger partial charge is 0.257 e. The molecule has 0 radical (unpaired) electrons. The van der Waals surface area contributed by atoms with E-state index in [1.807, 2.05) is 43.3 Å². The summed E-state index contributed by atoms with van der Waals surface area (Å²) >= 11 is 0. The van der Waals surface area contributed by atoms with Gasteiger partial charge in [-0.25, -0.2) is 0 Å². The van der Waals surface area contributed by atoms with Gasteiger partial charge in [0.25, 0.3) is 5.91 Å². The van der Waals surface area contributed by atoms with Gasteiger partial charge in [0.05, 0.1) is 24.9 Å². The van der Waals surface area contributed by atoms with Gasteiger partial charge in [0.1, 0.15) is 0 Å². The highest BCUT2D eigenvalue weighted by Crippen LogP contribution is 2.29. The Kier molecular flexibility index (Phi) is 3.15. The first-order chi connectivity index (χ1) is 8.58. The molecule has 4 nitrogen and oxygen atoms in total. The lowest BCUT2D eigenvalue weighted by atomic mass is 9.98. The van der Waals surface area contributed by atoms with E-state index in [0.29, 0.717) is 0 Å². The fraction of sp³-hybridized carbons (Fsp3) is 0.357. The Hall–Kier alpha value is -2.15. The molecule has 1 aliphatic rings. The number of nitriles is 1. The largest absolute Gasteiger partial charge is 0.294 e. The van der Waals surface area contributed by atoms with Crippen LogP contribution in [0.25, 0.3) is 0 Å². The highest BCUT2D eigenvalue weighted by molar-refractivity contribution is 6.00. The van der Waals surface area contributed by atoms with Crippen molar-refractivity contribution in [2.45, 2.75) is 31.8 Å². The maximum absolute atomic E-state index is 12.3. The van der Waals surface area contributed by atoms with Crippen molar-refractivity contribution in [3.05, 3.63) is 35.9 Å². The second-order valence-electron chi connectivity index (χ2n) is 4.65. The molecule has 2 atom stereocenters. The zero-order valence-electron chi connectivity index (χ0n) is 10.5. The molecule has 1 heterocycles. The van der Waals surface area contributed by atoms with E-state index in [2.05, 4.69) is 4.99 Å². The number of benzene rings is 1. The molecule has 0 spiro atoms. The van der Waals surface area contributed by atoms with Gasteiger partial charge in [0.2, 0.25) is 0 Å². The summed E-state index contributed by atoms with van der Waals surface area (Å²) in [5, 5.41) is 8.76. The summed E-state index contributed by atoms with van der Waals surface area (Å²) in [6.07, 6.45) is 1.66. The molecule has 0 bridgehead atoms. The summed E-state index contributed by atoms with van der Waals surface area (Å²) in [6, 6.07) is 11.7. The second-order valence-corrected chi connectivity index (χ2v) is 4.65. The van der Waals surface area contributed by atoms with Crippen molar-refractivity contribution in [1.29, 1.82) is 5.26 Å². The van der Waals surface area contributed by atoms with E-state index in [1.54, 1.807) is 18.2 Å². The Balaban J connectivity index is 2.21. The van der Waals surface area contributed by atoms with E-state index in [1.165, 1.54) is 0 Å². The molecule has 0 N–H and O–H groups in total. The van der Waals surface area contributed by atoms with Gasteiger partial charge in [-0.05, 0) is 19.4 Å². The average molecular weight is 241 g/mol. The molecular weight excluding hydrogens is 226 g/mol. The summed E-state index contributed by atoms with van der Waals surface area (Å²) < 4.78 is 0. The lowest BCUT2D eigenvalue weighted by Crippen LogP contribution is -2.39. The van der Waals surface area contributed by atoms with Crippen LogP contribution in [0.5, 0.6) is 0 Å². The predicted octanol–water partition coefficient (Wildman–Crippen LogP) is 2.29. The molecule has 1 aliphatic heterocycles. The second kappa shape index (κ2) is 4.61. The molecule has 2 unspecified atom stereocenters. The van der Waals surface area contributed by atoms with E-state index < -0.39 is 5.54 Å². The Labute approximate surface area is 107 Å². The zero-order valence-corrected chi connectivity index (χ0v) is 10.5. The van der Waals surface area contributed by atoms with Crippen LogP contribution in [0.2, 0.25) is 0 Å². The van der Waals surface area contributed by atoms with Gasteiger partial charge in [-0.15, -0.1) is 0 Å². The van der Waals surface area contributed by atoms with E-state index in [-0.39, 0.29) is 18.4 Å². The lowest BCUT2D eigenvalue weighted by molar-refractivity contribution is -0.131. The number of hydrogen-bond acceptors (Lipinski definition) is 3. The Morgan fingerprint density at radius 1 is 1.44 bits per heavy atom. The molecule has 1 aromatic rings. The number of aliphatic imine (C=N–C) groups is 1. The van der Waals surface area contributed by atoms with Gasteiger partial charge in [-0.3, -0.25) is 14.7 Å². The fourth-order valence-electron chi connectivity index (χ4n) is 2.02. The minimum absolute atomic E-state index is 0.0667.